The van der Waals surface area contributed by atoms with Crippen LogP contribution in [-0.4, -0.2) is 17.3 Å². The SMILES string of the molecule is OC1CCCC(Oc2c(F)cc(F)cc2F)C1. The molecule has 0 amide bonds. The monoisotopic (exact) mass is 246 g/mol. The van der Waals surface area contributed by atoms with Crippen LogP contribution in [-0.2, 0) is 0 Å². The molecular weight excluding hydrogens is 233 g/mol. The zero-order chi connectivity index (χ0) is 12.4. The molecular formula is C12H13F3O2. The zero-order valence-electron chi connectivity index (χ0n) is 9.13. The average Bonchev–Trinajstić information content (AvgIpc) is 2.23. The fraction of sp³-hybridized carbons (Fsp3) is 0.500. The highest BCUT2D eigenvalue weighted by Gasteiger charge is 2.24. The van der Waals surface area contributed by atoms with E-state index in [1.807, 2.05) is 0 Å². The number of hydrogen-bond donors (Lipinski definition) is 1. The molecule has 1 aliphatic rings. The first kappa shape index (κ1) is 12.2. The van der Waals surface area contributed by atoms with Gasteiger partial charge < -0.3 is 9.84 Å². The largest absolute Gasteiger partial charge is 0.484 e. The number of rotatable bonds is 2. The quantitative estimate of drug-likeness (QED) is 0.869. The van der Waals surface area contributed by atoms with Crippen molar-refractivity contribution in [3.8, 4) is 5.75 Å². The molecule has 1 fully saturated rings. The van der Waals surface area contributed by atoms with E-state index in [4.69, 9.17) is 4.74 Å². The Kier molecular flexibility index (Phi) is 3.57. The normalized spacial score (nSPS) is 24.7. The van der Waals surface area contributed by atoms with Gasteiger partial charge in [0.15, 0.2) is 17.4 Å². The fourth-order valence-corrected chi connectivity index (χ4v) is 2.04. The lowest BCUT2D eigenvalue weighted by molar-refractivity contribution is 0.0494. The van der Waals surface area contributed by atoms with Crippen molar-refractivity contribution in [1.29, 1.82) is 0 Å². The van der Waals surface area contributed by atoms with E-state index < -0.39 is 35.4 Å². The minimum absolute atomic E-state index is 0.344. The van der Waals surface area contributed by atoms with Crippen LogP contribution in [0.25, 0.3) is 0 Å². The molecule has 0 aromatic heterocycles. The second-order valence-electron chi connectivity index (χ2n) is 4.26. The molecule has 0 spiro atoms. The Hall–Kier alpha value is -1.23. The first-order chi connectivity index (χ1) is 8.06. The van der Waals surface area contributed by atoms with Gasteiger partial charge in [0.2, 0.25) is 0 Å². The highest BCUT2D eigenvalue weighted by atomic mass is 19.1. The van der Waals surface area contributed by atoms with Crippen molar-refractivity contribution >= 4 is 0 Å². The summed E-state index contributed by atoms with van der Waals surface area (Å²) in [7, 11) is 0. The number of hydrogen-bond acceptors (Lipinski definition) is 2. The van der Waals surface area contributed by atoms with Crippen molar-refractivity contribution in [1.82, 2.24) is 0 Å². The van der Waals surface area contributed by atoms with Crippen molar-refractivity contribution in [2.24, 2.45) is 0 Å². The zero-order valence-corrected chi connectivity index (χ0v) is 9.13. The number of aliphatic hydroxyl groups excluding tert-OH is 1. The summed E-state index contributed by atoms with van der Waals surface area (Å²) in [4.78, 5) is 0. The van der Waals surface area contributed by atoms with Crippen LogP contribution in [0.2, 0.25) is 0 Å². The highest BCUT2D eigenvalue weighted by Crippen LogP contribution is 2.28. The second kappa shape index (κ2) is 4.96. The van der Waals surface area contributed by atoms with E-state index >= 15 is 0 Å². The van der Waals surface area contributed by atoms with Gasteiger partial charge in [0.05, 0.1) is 6.10 Å². The highest BCUT2D eigenvalue weighted by molar-refractivity contribution is 5.27. The second-order valence-corrected chi connectivity index (χ2v) is 4.26. The van der Waals surface area contributed by atoms with E-state index in [9.17, 15) is 18.3 Å². The third-order valence-corrected chi connectivity index (χ3v) is 2.85. The molecule has 17 heavy (non-hydrogen) atoms. The molecule has 0 radical (unpaired) electrons. The molecule has 2 rings (SSSR count). The molecule has 1 N–H and O–H groups in total. The minimum atomic E-state index is -1.05. The Bertz CT molecular complexity index is 386. The van der Waals surface area contributed by atoms with Gasteiger partial charge in [0.1, 0.15) is 11.9 Å². The Morgan fingerprint density at radius 2 is 1.76 bits per heavy atom. The lowest BCUT2D eigenvalue weighted by Crippen LogP contribution is -2.28. The van der Waals surface area contributed by atoms with Gasteiger partial charge in [-0.2, -0.15) is 0 Å². The van der Waals surface area contributed by atoms with Crippen molar-refractivity contribution in [2.75, 3.05) is 0 Å². The van der Waals surface area contributed by atoms with E-state index in [1.54, 1.807) is 0 Å². The molecule has 94 valence electrons. The molecule has 2 atom stereocenters. The van der Waals surface area contributed by atoms with Gasteiger partial charge in [-0.1, -0.05) is 0 Å². The topological polar surface area (TPSA) is 29.5 Å². The Balaban J connectivity index is 2.12. The molecule has 1 aromatic carbocycles. The van der Waals surface area contributed by atoms with Gasteiger partial charge >= 0.3 is 0 Å². The maximum Gasteiger partial charge on any atom is 0.191 e. The molecule has 1 aromatic rings. The van der Waals surface area contributed by atoms with Crippen LogP contribution >= 0.6 is 0 Å². The Labute approximate surface area is 97.0 Å². The lowest BCUT2D eigenvalue weighted by atomic mass is 9.95. The van der Waals surface area contributed by atoms with Crippen LogP contribution in [0, 0.1) is 17.5 Å². The van der Waals surface area contributed by atoms with Gasteiger partial charge in [-0.05, 0) is 19.3 Å². The maximum atomic E-state index is 13.3. The minimum Gasteiger partial charge on any atom is -0.484 e. The molecule has 0 heterocycles. The van der Waals surface area contributed by atoms with E-state index in [0.29, 0.717) is 31.4 Å². The number of benzene rings is 1. The third kappa shape index (κ3) is 2.91. The van der Waals surface area contributed by atoms with Gasteiger partial charge in [-0.15, -0.1) is 0 Å². The van der Waals surface area contributed by atoms with E-state index in [2.05, 4.69) is 0 Å². The summed E-state index contributed by atoms with van der Waals surface area (Å²) in [6.45, 7) is 0. The fourth-order valence-electron chi connectivity index (χ4n) is 2.04. The average molecular weight is 246 g/mol. The van der Waals surface area contributed by atoms with Crippen molar-refractivity contribution < 1.29 is 23.0 Å². The van der Waals surface area contributed by atoms with Crippen LogP contribution in [0.4, 0.5) is 13.2 Å². The molecule has 1 aliphatic carbocycles. The van der Waals surface area contributed by atoms with Crippen LogP contribution < -0.4 is 4.74 Å². The third-order valence-electron chi connectivity index (χ3n) is 2.85. The smallest absolute Gasteiger partial charge is 0.191 e. The Morgan fingerprint density at radius 3 is 2.35 bits per heavy atom. The first-order valence-electron chi connectivity index (χ1n) is 5.55. The van der Waals surface area contributed by atoms with Crippen molar-refractivity contribution in [3.05, 3.63) is 29.6 Å². The molecule has 2 unspecified atom stereocenters. The summed E-state index contributed by atoms with van der Waals surface area (Å²) in [5, 5.41) is 9.41. The van der Waals surface area contributed by atoms with Crippen LogP contribution in [0.5, 0.6) is 5.75 Å². The standard InChI is InChI=1S/C12H13F3O2/c13-7-4-10(14)12(11(15)5-7)17-9-3-1-2-8(16)6-9/h4-5,8-9,16H,1-3,6H2. The van der Waals surface area contributed by atoms with Crippen molar-refractivity contribution in [3.63, 3.8) is 0 Å². The number of ether oxygens (including phenoxy) is 1. The van der Waals surface area contributed by atoms with Gasteiger partial charge in [-0.25, -0.2) is 13.2 Å². The van der Waals surface area contributed by atoms with Gasteiger partial charge in [0.25, 0.3) is 0 Å². The summed E-state index contributed by atoms with van der Waals surface area (Å²) < 4.78 is 44.4. The Morgan fingerprint density at radius 1 is 1.12 bits per heavy atom. The first-order valence-corrected chi connectivity index (χ1v) is 5.55. The number of aliphatic hydroxyl groups is 1. The van der Waals surface area contributed by atoms with Crippen molar-refractivity contribution in [2.45, 2.75) is 37.9 Å². The summed E-state index contributed by atoms with van der Waals surface area (Å²) in [5.41, 5.74) is 0. The summed E-state index contributed by atoms with van der Waals surface area (Å²) in [6, 6.07) is 1.16. The van der Waals surface area contributed by atoms with E-state index in [0.717, 1.165) is 6.42 Å². The van der Waals surface area contributed by atoms with E-state index in [1.165, 1.54) is 0 Å². The van der Waals surface area contributed by atoms with Crippen LogP contribution in [0.1, 0.15) is 25.7 Å². The summed E-state index contributed by atoms with van der Waals surface area (Å²) in [5.74, 6) is -3.65. The molecule has 5 heteroatoms. The molecule has 1 saturated carbocycles. The summed E-state index contributed by atoms with van der Waals surface area (Å²) in [6.07, 6.45) is 1.47. The van der Waals surface area contributed by atoms with Crippen LogP contribution in [0.15, 0.2) is 12.1 Å². The van der Waals surface area contributed by atoms with Crippen LogP contribution in [0.3, 0.4) is 0 Å². The van der Waals surface area contributed by atoms with Gasteiger partial charge in [-0.3, -0.25) is 0 Å². The predicted octanol–water partition coefficient (Wildman–Crippen LogP) is 2.79. The van der Waals surface area contributed by atoms with E-state index in [-0.39, 0.29) is 0 Å². The molecule has 2 nitrogen and oxygen atoms in total. The maximum absolute atomic E-state index is 13.3. The number of halogens is 3. The lowest BCUT2D eigenvalue weighted by Gasteiger charge is -2.26. The molecule has 0 saturated heterocycles. The summed E-state index contributed by atoms with van der Waals surface area (Å²) >= 11 is 0. The predicted molar refractivity (Wildman–Crippen MR) is 55.2 cm³/mol. The molecule has 0 aliphatic heterocycles. The molecule has 0 bridgehead atoms. The van der Waals surface area contributed by atoms with Gasteiger partial charge in [0, 0.05) is 18.6 Å².